The van der Waals surface area contributed by atoms with E-state index >= 15 is 0 Å². The summed E-state index contributed by atoms with van der Waals surface area (Å²) in [5.41, 5.74) is 0.519. The summed E-state index contributed by atoms with van der Waals surface area (Å²) < 4.78 is 31.6. The van der Waals surface area contributed by atoms with Gasteiger partial charge in [0.2, 0.25) is 10.0 Å². The van der Waals surface area contributed by atoms with Crippen molar-refractivity contribution in [3.05, 3.63) is 29.8 Å². The second-order valence-electron chi connectivity index (χ2n) is 6.46. The zero-order valence-electron chi connectivity index (χ0n) is 15.5. The molecule has 1 aromatic rings. The molecule has 8 heteroatoms. The van der Waals surface area contributed by atoms with E-state index in [1.807, 2.05) is 4.90 Å². The van der Waals surface area contributed by atoms with Crippen molar-refractivity contribution in [1.29, 1.82) is 0 Å². The molecule has 2 rings (SSSR count). The Kier molecular flexibility index (Phi) is 8.02. The Hall–Kier alpha value is -1.48. The molecule has 0 atom stereocenters. The number of sulfonamides is 1. The molecule has 0 spiro atoms. The number of ether oxygens (including phenoxy) is 1. The molecule has 1 aliphatic rings. The van der Waals surface area contributed by atoms with E-state index in [-0.39, 0.29) is 17.3 Å². The minimum atomic E-state index is -3.58. The van der Waals surface area contributed by atoms with E-state index < -0.39 is 10.0 Å². The first-order valence-corrected chi connectivity index (χ1v) is 10.5. The molecule has 0 radical (unpaired) electrons. The maximum Gasteiger partial charge on any atom is 0.253 e. The third-order valence-electron chi connectivity index (χ3n) is 4.59. The van der Waals surface area contributed by atoms with Crippen LogP contribution in [0.15, 0.2) is 29.2 Å². The summed E-state index contributed by atoms with van der Waals surface area (Å²) >= 11 is 0. The molecule has 2 N–H and O–H groups in total. The average Bonchev–Trinajstić information content (AvgIpc) is 2.66. The molecule has 0 aromatic heterocycles. The number of methoxy groups -OCH3 is 1. The summed E-state index contributed by atoms with van der Waals surface area (Å²) in [5, 5.41) is 3.36. The van der Waals surface area contributed by atoms with Crippen LogP contribution in [0.1, 0.15) is 30.1 Å². The predicted octanol–water partition coefficient (Wildman–Crippen LogP) is 1.07. The van der Waals surface area contributed by atoms with E-state index in [0.29, 0.717) is 18.1 Å². The van der Waals surface area contributed by atoms with Gasteiger partial charge in [-0.05, 0) is 56.1 Å². The topological polar surface area (TPSA) is 87.7 Å². The maximum atomic E-state index is 12.6. The smallest absolute Gasteiger partial charge is 0.253 e. The van der Waals surface area contributed by atoms with Crippen LogP contribution >= 0.6 is 0 Å². The van der Waals surface area contributed by atoms with Crippen LogP contribution in [0.3, 0.4) is 0 Å². The number of likely N-dealkylation sites (tertiary alicyclic amines) is 1. The van der Waals surface area contributed by atoms with Crippen molar-refractivity contribution in [1.82, 2.24) is 14.9 Å². The normalized spacial score (nSPS) is 16.0. The van der Waals surface area contributed by atoms with E-state index in [9.17, 15) is 13.2 Å². The van der Waals surface area contributed by atoms with Crippen LogP contribution in [0, 0.1) is 5.92 Å². The predicted molar refractivity (Wildman–Crippen MR) is 101 cm³/mol. The van der Waals surface area contributed by atoms with Crippen LogP contribution in [-0.4, -0.2) is 65.7 Å². The van der Waals surface area contributed by atoms with Gasteiger partial charge in [-0.1, -0.05) is 6.92 Å². The van der Waals surface area contributed by atoms with Crippen molar-refractivity contribution in [2.45, 2.75) is 24.7 Å². The Labute approximate surface area is 156 Å². The molecule has 26 heavy (non-hydrogen) atoms. The minimum absolute atomic E-state index is 0.0387. The highest BCUT2D eigenvalue weighted by molar-refractivity contribution is 7.89. The molecular formula is C18H29N3O4S. The quantitative estimate of drug-likeness (QED) is 0.623. The second kappa shape index (κ2) is 10.0. The molecule has 0 aliphatic carbocycles. The lowest BCUT2D eigenvalue weighted by Crippen LogP contribution is -2.40. The van der Waals surface area contributed by atoms with Gasteiger partial charge in [0.05, 0.1) is 11.5 Å². The van der Waals surface area contributed by atoms with Gasteiger partial charge in [0.15, 0.2) is 0 Å². The number of amides is 1. The second-order valence-corrected chi connectivity index (χ2v) is 8.23. The van der Waals surface area contributed by atoms with Crippen molar-refractivity contribution in [2.75, 3.05) is 46.4 Å². The Bertz CT molecular complexity index is 668. The number of hydrogen-bond acceptors (Lipinski definition) is 5. The van der Waals surface area contributed by atoms with Crippen LogP contribution < -0.4 is 10.0 Å². The number of hydrogen-bond donors (Lipinski definition) is 2. The van der Waals surface area contributed by atoms with Crippen LogP contribution in [0.25, 0.3) is 0 Å². The SMILES string of the molecule is CCNCC1CCN(C(=O)c2ccc(S(=O)(=O)NCCOC)cc2)CC1. The zero-order chi connectivity index (χ0) is 19.0. The number of carbonyl (C=O) groups is 1. The summed E-state index contributed by atoms with van der Waals surface area (Å²) in [7, 11) is -2.07. The molecule has 0 unspecified atom stereocenters. The first-order chi connectivity index (χ1) is 12.5. The molecule has 0 bridgehead atoms. The van der Waals surface area contributed by atoms with Crippen LogP contribution in [0.2, 0.25) is 0 Å². The number of rotatable bonds is 9. The molecule has 1 heterocycles. The molecule has 7 nitrogen and oxygen atoms in total. The average molecular weight is 384 g/mol. The lowest BCUT2D eigenvalue weighted by molar-refractivity contribution is 0.0690. The van der Waals surface area contributed by atoms with Crippen molar-refractivity contribution in [2.24, 2.45) is 5.92 Å². The van der Waals surface area contributed by atoms with E-state index in [0.717, 1.165) is 39.0 Å². The minimum Gasteiger partial charge on any atom is -0.383 e. The van der Waals surface area contributed by atoms with Gasteiger partial charge in [-0.15, -0.1) is 0 Å². The van der Waals surface area contributed by atoms with Crippen molar-refractivity contribution < 1.29 is 17.9 Å². The van der Waals surface area contributed by atoms with E-state index in [1.54, 1.807) is 12.1 Å². The van der Waals surface area contributed by atoms with Gasteiger partial charge in [0.25, 0.3) is 5.91 Å². The molecule has 146 valence electrons. The van der Waals surface area contributed by atoms with E-state index in [1.165, 1.54) is 19.2 Å². The van der Waals surface area contributed by atoms with Gasteiger partial charge in [-0.25, -0.2) is 13.1 Å². The highest BCUT2D eigenvalue weighted by Gasteiger charge is 2.23. The van der Waals surface area contributed by atoms with Gasteiger partial charge in [0, 0.05) is 32.3 Å². The Balaban J connectivity index is 1.93. The molecule has 1 aromatic carbocycles. The largest absolute Gasteiger partial charge is 0.383 e. The third-order valence-corrected chi connectivity index (χ3v) is 6.07. The number of benzene rings is 1. The Morgan fingerprint density at radius 3 is 2.46 bits per heavy atom. The van der Waals surface area contributed by atoms with Gasteiger partial charge in [0.1, 0.15) is 0 Å². The standard InChI is InChI=1S/C18H29N3O4S/c1-3-19-14-15-8-11-21(12-9-15)18(22)16-4-6-17(7-5-16)26(23,24)20-10-13-25-2/h4-7,15,19-20H,3,8-14H2,1-2H3. The number of carbonyl (C=O) groups excluding carboxylic acids is 1. The maximum absolute atomic E-state index is 12.6. The summed E-state index contributed by atoms with van der Waals surface area (Å²) in [4.78, 5) is 14.6. The van der Waals surface area contributed by atoms with Gasteiger partial charge in [-0.3, -0.25) is 4.79 Å². The summed E-state index contributed by atoms with van der Waals surface area (Å²) in [6.45, 7) is 6.06. The molecule has 1 amide bonds. The highest BCUT2D eigenvalue weighted by atomic mass is 32.2. The molecule has 0 saturated carbocycles. The fraction of sp³-hybridized carbons (Fsp3) is 0.611. The third kappa shape index (κ3) is 5.77. The van der Waals surface area contributed by atoms with Crippen LogP contribution in [0.4, 0.5) is 0 Å². The fourth-order valence-electron chi connectivity index (χ4n) is 3.01. The number of piperidine rings is 1. The van der Waals surface area contributed by atoms with Crippen molar-refractivity contribution in [3.8, 4) is 0 Å². The van der Waals surface area contributed by atoms with E-state index in [4.69, 9.17) is 4.74 Å². The number of nitrogens with one attached hydrogen (secondary N) is 2. The Morgan fingerprint density at radius 2 is 1.88 bits per heavy atom. The molecular weight excluding hydrogens is 354 g/mol. The lowest BCUT2D eigenvalue weighted by Gasteiger charge is -2.32. The monoisotopic (exact) mass is 383 g/mol. The molecule has 1 aliphatic heterocycles. The first kappa shape index (κ1) is 20.8. The van der Waals surface area contributed by atoms with E-state index in [2.05, 4.69) is 17.0 Å². The fourth-order valence-corrected chi connectivity index (χ4v) is 4.02. The lowest BCUT2D eigenvalue weighted by atomic mass is 9.96. The molecule has 1 saturated heterocycles. The van der Waals surface area contributed by atoms with Crippen molar-refractivity contribution in [3.63, 3.8) is 0 Å². The van der Waals surface area contributed by atoms with Gasteiger partial charge in [-0.2, -0.15) is 0 Å². The van der Waals surface area contributed by atoms with Gasteiger partial charge >= 0.3 is 0 Å². The summed E-state index contributed by atoms with van der Waals surface area (Å²) in [6, 6.07) is 6.11. The van der Waals surface area contributed by atoms with Crippen LogP contribution in [-0.2, 0) is 14.8 Å². The zero-order valence-corrected chi connectivity index (χ0v) is 16.3. The summed E-state index contributed by atoms with van der Waals surface area (Å²) in [5.74, 6) is 0.577. The first-order valence-electron chi connectivity index (χ1n) is 9.06. The van der Waals surface area contributed by atoms with Gasteiger partial charge < -0.3 is 15.0 Å². The van der Waals surface area contributed by atoms with Crippen LogP contribution in [0.5, 0.6) is 0 Å². The Morgan fingerprint density at radius 1 is 1.23 bits per heavy atom. The summed E-state index contributed by atoms with van der Waals surface area (Å²) in [6.07, 6.45) is 1.99. The molecule has 1 fully saturated rings. The highest BCUT2D eigenvalue weighted by Crippen LogP contribution is 2.19. The number of nitrogens with zero attached hydrogens (tertiary/aromatic N) is 1. The van der Waals surface area contributed by atoms with Crippen molar-refractivity contribution >= 4 is 15.9 Å².